The van der Waals surface area contributed by atoms with Crippen LogP contribution in [0.15, 0.2) is 0 Å². The Morgan fingerprint density at radius 1 is 0.686 bits per heavy atom. The number of nitrogens with zero attached hydrogens (tertiary/aromatic N) is 2. The number of sulfonamides is 1. The predicted octanol–water partition coefficient (Wildman–Crippen LogP) is 5.81. The highest BCUT2D eigenvalue weighted by Crippen LogP contribution is 2.55. The average Bonchev–Trinajstić information content (AvgIpc) is 2.76. The van der Waals surface area contributed by atoms with Crippen LogP contribution in [0.4, 0.5) is 39.5 Å². The first-order valence-electron chi connectivity index (χ1n) is 11.4. The van der Waals surface area contributed by atoms with Crippen molar-refractivity contribution in [1.82, 2.24) is 9.21 Å². The Labute approximate surface area is 199 Å². The summed E-state index contributed by atoms with van der Waals surface area (Å²) in [5, 5.41) is -6.75. The van der Waals surface area contributed by atoms with Crippen molar-refractivity contribution < 1.29 is 52.7 Å². The second-order valence-electron chi connectivity index (χ2n) is 8.53. The fraction of sp³-hybridized carbons (Fsp3) is 0.950. The Balaban J connectivity index is 2.60. The quantitative estimate of drug-likeness (QED) is 0.203. The third kappa shape index (κ3) is 7.16. The molecule has 1 heterocycles. The molecule has 35 heavy (non-hydrogen) atoms. The van der Waals surface area contributed by atoms with Gasteiger partial charge in [-0.25, -0.2) is 8.42 Å². The number of halogens is 9. The molecule has 0 spiro atoms. The Morgan fingerprint density at radius 2 is 1.11 bits per heavy atom. The van der Waals surface area contributed by atoms with Crippen LogP contribution in [-0.4, -0.2) is 73.0 Å². The topological polar surface area (TPSA) is 57.7 Å². The van der Waals surface area contributed by atoms with Crippen molar-refractivity contribution in [1.29, 1.82) is 0 Å². The number of rotatable bonds is 14. The van der Waals surface area contributed by atoms with E-state index < -0.39 is 65.4 Å². The molecule has 1 aliphatic rings. The van der Waals surface area contributed by atoms with E-state index in [0.29, 0.717) is 6.42 Å². The first-order chi connectivity index (χ1) is 15.9. The number of alkyl halides is 9. The van der Waals surface area contributed by atoms with E-state index in [1.165, 1.54) is 12.8 Å². The highest BCUT2D eigenvalue weighted by Gasteiger charge is 2.85. The summed E-state index contributed by atoms with van der Waals surface area (Å²) in [5.41, 5.74) is 0. The van der Waals surface area contributed by atoms with Crippen LogP contribution in [0.5, 0.6) is 0 Å². The molecule has 0 unspecified atom stereocenters. The molecule has 1 rings (SSSR count). The fourth-order valence-corrected chi connectivity index (χ4v) is 5.03. The third-order valence-electron chi connectivity index (χ3n) is 5.87. The number of hydrogen-bond acceptors (Lipinski definition) is 3. The van der Waals surface area contributed by atoms with Crippen molar-refractivity contribution in [3.8, 4) is 0 Å². The SMILES string of the molecule is CCCCCCCCCCCC(=O)N1CCN(S(=O)(=O)C(F)(F)C(F)(F)C(F)(F)C(F)(F)F)CC1. The summed E-state index contributed by atoms with van der Waals surface area (Å²) in [6, 6.07) is 0. The summed E-state index contributed by atoms with van der Waals surface area (Å²) < 4.78 is 141. The highest BCUT2D eigenvalue weighted by atomic mass is 32.2. The van der Waals surface area contributed by atoms with Gasteiger partial charge in [-0.1, -0.05) is 58.3 Å². The van der Waals surface area contributed by atoms with E-state index in [1.807, 2.05) is 0 Å². The zero-order valence-electron chi connectivity index (χ0n) is 19.3. The first kappa shape index (κ1) is 31.8. The molecule has 0 aromatic rings. The van der Waals surface area contributed by atoms with E-state index in [9.17, 15) is 52.7 Å². The first-order valence-corrected chi connectivity index (χ1v) is 12.9. The van der Waals surface area contributed by atoms with Crippen LogP contribution in [0.2, 0.25) is 0 Å². The van der Waals surface area contributed by atoms with Crippen molar-refractivity contribution >= 4 is 15.9 Å². The minimum absolute atomic E-state index is 0.0919. The summed E-state index contributed by atoms with van der Waals surface area (Å²) in [5.74, 6) is -15.0. The maximum absolute atomic E-state index is 14.0. The lowest BCUT2D eigenvalue weighted by molar-refractivity contribution is -0.382. The summed E-state index contributed by atoms with van der Waals surface area (Å²) in [6.45, 7) is -0.771. The van der Waals surface area contributed by atoms with Gasteiger partial charge in [0.1, 0.15) is 0 Å². The van der Waals surface area contributed by atoms with Crippen LogP contribution < -0.4 is 0 Å². The van der Waals surface area contributed by atoms with Crippen molar-refractivity contribution in [3.63, 3.8) is 0 Å². The van der Waals surface area contributed by atoms with Crippen LogP contribution >= 0.6 is 0 Å². The van der Waals surface area contributed by atoms with Gasteiger partial charge in [-0.15, -0.1) is 0 Å². The molecule has 0 N–H and O–H groups in total. The van der Waals surface area contributed by atoms with Gasteiger partial charge < -0.3 is 4.90 Å². The zero-order chi connectivity index (χ0) is 27.1. The van der Waals surface area contributed by atoms with Crippen molar-refractivity contribution in [3.05, 3.63) is 0 Å². The van der Waals surface area contributed by atoms with Crippen LogP contribution in [-0.2, 0) is 14.8 Å². The smallest absolute Gasteiger partial charge is 0.340 e. The van der Waals surface area contributed by atoms with E-state index in [1.54, 1.807) is 0 Å². The van der Waals surface area contributed by atoms with E-state index in [4.69, 9.17) is 0 Å². The lowest BCUT2D eigenvalue weighted by Crippen LogP contribution is -2.66. The maximum Gasteiger partial charge on any atom is 0.460 e. The molecule has 1 aliphatic heterocycles. The number of hydrogen-bond donors (Lipinski definition) is 0. The van der Waals surface area contributed by atoms with Gasteiger partial charge in [0.05, 0.1) is 0 Å². The van der Waals surface area contributed by atoms with Gasteiger partial charge in [0.15, 0.2) is 0 Å². The van der Waals surface area contributed by atoms with Gasteiger partial charge in [-0.2, -0.15) is 43.8 Å². The van der Waals surface area contributed by atoms with E-state index >= 15 is 0 Å². The predicted molar refractivity (Wildman–Crippen MR) is 110 cm³/mol. The normalized spacial score (nSPS) is 17.1. The van der Waals surface area contributed by atoms with Crippen molar-refractivity contribution in [2.75, 3.05) is 26.2 Å². The standard InChI is InChI=1S/C20H31F9N2O3S/c1-2-3-4-5-6-7-8-9-10-11-16(32)30-12-14-31(15-13-30)35(33,34)20(28,29)18(23,24)17(21,22)19(25,26)27/h2-15H2,1H3. The zero-order valence-corrected chi connectivity index (χ0v) is 20.1. The molecular weight excluding hydrogens is 519 g/mol. The molecule has 0 atom stereocenters. The van der Waals surface area contributed by atoms with Gasteiger partial charge in [0, 0.05) is 32.6 Å². The number of piperazine rings is 1. The van der Waals surface area contributed by atoms with Crippen molar-refractivity contribution in [2.24, 2.45) is 0 Å². The third-order valence-corrected chi connectivity index (χ3v) is 7.81. The minimum Gasteiger partial charge on any atom is -0.340 e. The second kappa shape index (κ2) is 12.3. The molecule has 15 heteroatoms. The Bertz CT molecular complexity index is 781. The van der Waals surface area contributed by atoms with Gasteiger partial charge >= 0.3 is 23.3 Å². The minimum atomic E-state index is -7.30. The highest BCUT2D eigenvalue weighted by molar-refractivity contribution is 7.90. The molecule has 0 saturated carbocycles. The number of unbranched alkanes of at least 4 members (excludes halogenated alkanes) is 8. The molecule has 208 valence electrons. The summed E-state index contributed by atoms with van der Waals surface area (Å²) in [7, 11) is -6.62. The molecule has 1 fully saturated rings. The molecule has 0 radical (unpaired) electrons. The van der Waals surface area contributed by atoms with Gasteiger partial charge in [-0.3, -0.25) is 4.79 Å². The molecule has 0 bridgehead atoms. The monoisotopic (exact) mass is 550 g/mol. The molecule has 0 aliphatic carbocycles. The Morgan fingerprint density at radius 3 is 1.54 bits per heavy atom. The van der Waals surface area contributed by atoms with Gasteiger partial charge in [0.2, 0.25) is 5.91 Å². The summed E-state index contributed by atoms with van der Waals surface area (Å²) >= 11 is 0. The molecule has 1 saturated heterocycles. The molecule has 5 nitrogen and oxygen atoms in total. The molecule has 0 aromatic heterocycles. The number of carbonyl (C=O) groups is 1. The molecular formula is C20H31F9N2O3S. The Hall–Kier alpha value is -1.25. The van der Waals surface area contributed by atoms with E-state index in [0.717, 1.165) is 43.4 Å². The Kier molecular flexibility index (Phi) is 11.2. The lowest BCUT2D eigenvalue weighted by Gasteiger charge is -2.38. The number of amides is 1. The van der Waals surface area contributed by atoms with Crippen LogP contribution in [0.1, 0.15) is 71.1 Å². The summed E-state index contributed by atoms with van der Waals surface area (Å²) in [4.78, 5) is 13.3. The fourth-order valence-electron chi connectivity index (χ4n) is 3.61. The lowest BCUT2D eigenvalue weighted by atomic mass is 10.1. The van der Waals surface area contributed by atoms with E-state index in [2.05, 4.69) is 6.92 Å². The second-order valence-corrected chi connectivity index (χ2v) is 10.5. The maximum atomic E-state index is 14.0. The van der Waals surface area contributed by atoms with Crippen LogP contribution in [0, 0.1) is 0 Å². The average molecular weight is 551 g/mol. The molecule has 0 aromatic carbocycles. The van der Waals surface area contributed by atoms with Gasteiger partial charge in [0.25, 0.3) is 10.0 Å². The largest absolute Gasteiger partial charge is 0.460 e. The van der Waals surface area contributed by atoms with Crippen molar-refractivity contribution in [2.45, 2.75) is 94.4 Å². The van der Waals surface area contributed by atoms with Crippen LogP contribution in [0.25, 0.3) is 0 Å². The summed E-state index contributed by atoms with van der Waals surface area (Å²) in [6.07, 6.45) is 1.93. The van der Waals surface area contributed by atoms with Crippen LogP contribution in [0.3, 0.4) is 0 Å². The number of carbonyl (C=O) groups excluding carboxylic acids is 1. The molecule has 1 amide bonds. The van der Waals surface area contributed by atoms with Gasteiger partial charge in [-0.05, 0) is 6.42 Å². The van der Waals surface area contributed by atoms with E-state index in [-0.39, 0.29) is 10.7 Å².